The fourth-order valence-electron chi connectivity index (χ4n) is 6.43. The highest BCUT2D eigenvalue weighted by Crippen LogP contribution is 2.59. The second kappa shape index (κ2) is 9.28. The minimum absolute atomic E-state index is 0.334. The Kier molecular flexibility index (Phi) is 7.33. The van der Waals surface area contributed by atoms with Crippen molar-refractivity contribution in [2.24, 2.45) is 23.2 Å². The maximum atomic E-state index is 10.1. The number of hydrogen-bond acceptors (Lipinski definition) is 4. The van der Waals surface area contributed by atoms with Gasteiger partial charge < -0.3 is 20.6 Å². The average molecular weight is 418 g/mol. The molecule has 3 fully saturated rings. The monoisotopic (exact) mass is 417 g/mol. The lowest BCUT2D eigenvalue weighted by Crippen LogP contribution is -2.41. The molecule has 170 valence electrons. The summed E-state index contributed by atoms with van der Waals surface area (Å²) in [6.45, 7) is 14.2. The second-order valence-corrected chi connectivity index (χ2v) is 11.1. The van der Waals surface area contributed by atoms with Crippen LogP contribution in [0.15, 0.2) is 35.5 Å². The molecule has 0 unspecified atom stereocenters. The number of allylic oxidation sites excluding steroid dienone is 3. The predicted molar refractivity (Wildman–Crippen MR) is 123 cm³/mol. The zero-order valence-corrected chi connectivity index (χ0v) is 19.5. The van der Waals surface area contributed by atoms with Crippen molar-refractivity contribution in [1.82, 2.24) is 5.32 Å². The highest BCUT2D eigenvalue weighted by molar-refractivity contribution is 5.38. The van der Waals surface area contributed by atoms with Gasteiger partial charge in [-0.05, 0) is 93.2 Å². The van der Waals surface area contributed by atoms with Gasteiger partial charge in [0.2, 0.25) is 0 Å². The molecule has 4 heteroatoms. The molecule has 3 rings (SSSR count). The molecule has 0 heterocycles. The van der Waals surface area contributed by atoms with Crippen molar-refractivity contribution in [3.8, 4) is 0 Å². The summed E-state index contributed by atoms with van der Waals surface area (Å²) in [5.41, 5.74) is 2.98. The van der Waals surface area contributed by atoms with Crippen molar-refractivity contribution < 1.29 is 15.3 Å². The number of hydrogen-bond donors (Lipinski definition) is 4. The molecule has 30 heavy (non-hydrogen) atoms. The van der Waals surface area contributed by atoms with Gasteiger partial charge in [0, 0.05) is 13.0 Å². The molecule has 0 saturated heterocycles. The van der Waals surface area contributed by atoms with Crippen molar-refractivity contribution in [3.63, 3.8) is 0 Å². The third-order valence-corrected chi connectivity index (χ3v) is 8.01. The summed E-state index contributed by atoms with van der Waals surface area (Å²) in [4.78, 5) is 0. The largest absolute Gasteiger partial charge is 0.393 e. The van der Waals surface area contributed by atoms with Crippen molar-refractivity contribution in [2.75, 3.05) is 13.1 Å². The van der Waals surface area contributed by atoms with Crippen LogP contribution >= 0.6 is 0 Å². The Balaban J connectivity index is 1.70. The zero-order chi connectivity index (χ0) is 22.1. The number of aliphatic hydroxyl groups is 3. The van der Waals surface area contributed by atoms with Crippen LogP contribution in [-0.4, -0.2) is 46.2 Å². The minimum atomic E-state index is -0.666. The number of aliphatic hydroxyl groups excluding tert-OH is 2. The Bertz CT molecular complexity index is 689. The molecule has 6 atom stereocenters. The van der Waals surface area contributed by atoms with Gasteiger partial charge in [0.05, 0.1) is 17.8 Å². The van der Waals surface area contributed by atoms with Crippen LogP contribution < -0.4 is 5.32 Å². The first-order valence-electron chi connectivity index (χ1n) is 11.9. The van der Waals surface area contributed by atoms with Gasteiger partial charge in [-0.2, -0.15) is 0 Å². The molecule has 4 nitrogen and oxygen atoms in total. The third-order valence-electron chi connectivity index (χ3n) is 8.01. The topological polar surface area (TPSA) is 72.7 Å². The van der Waals surface area contributed by atoms with E-state index in [4.69, 9.17) is 0 Å². The number of nitrogens with one attached hydrogen (secondary N) is 1. The van der Waals surface area contributed by atoms with E-state index in [1.54, 1.807) is 0 Å². The van der Waals surface area contributed by atoms with Gasteiger partial charge in [-0.1, -0.05) is 38.2 Å². The first-order chi connectivity index (χ1) is 14.0. The quantitative estimate of drug-likeness (QED) is 0.524. The first kappa shape index (κ1) is 23.7. The Hall–Kier alpha value is -0.940. The summed E-state index contributed by atoms with van der Waals surface area (Å²) in [5.74, 6) is 1.90. The van der Waals surface area contributed by atoms with E-state index in [2.05, 4.69) is 37.9 Å². The van der Waals surface area contributed by atoms with Gasteiger partial charge in [0.15, 0.2) is 0 Å². The minimum Gasteiger partial charge on any atom is -0.393 e. The Morgan fingerprint density at radius 3 is 2.70 bits per heavy atom. The van der Waals surface area contributed by atoms with Crippen LogP contribution in [0.3, 0.4) is 0 Å². The molecule has 3 aliphatic carbocycles. The van der Waals surface area contributed by atoms with Crippen molar-refractivity contribution in [2.45, 2.75) is 90.4 Å². The van der Waals surface area contributed by atoms with Crippen LogP contribution in [-0.2, 0) is 0 Å². The molecule has 0 bridgehead atoms. The SMILES string of the molecule is C=C1/C(=C/C=C2\CCC[C@]3(C)[C@@H]([C@H](C)CNCC(C)(C)O)CC[C@@H]23)C[C@@H](O)C[C@@H]1O. The Morgan fingerprint density at radius 2 is 2.00 bits per heavy atom. The van der Waals surface area contributed by atoms with E-state index < -0.39 is 17.8 Å². The van der Waals surface area contributed by atoms with Gasteiger partial charge in [0.1, 0.15) is 0 Å². The molecule has 0 spiro atoms. The molecule has 0 aromatic rings. The molecule has 4 N–H and O–H groups in total. The summed E-state index contributed by atoms with van der Waals surface area (Å²) in [5, 5.41) is 33.6. The second-order valence-electron chi connectivity index (χ2n) is 11.1. The van der Waals surface area contributed by atoms with E-state index in [0.717, 1.165) is 24.1 Å². The molecule has 3 saturated carbocycles. The van der Waals surface area contributed by atoms with Crippen LogP contribution in [0.2, 0.25) is 0 Å². The number of fused-ring (bicyclic) bond motifs is 1. The van der Waals surface area contributed by atoms with Crippen molar-refractivity contribution >= 4 is 0 Å². The fraction of sp³-hybridized carbons (Fsp3) is 0.769. The van der Waals surface area contributed by atoms with E-state index in [1.807, 2.05) is 13.8 Å². The normalized spacial score (nSPS) is 38.8. The summed E-state index contributed by atoms with van der Waals surface area (Å²) in [6, 6.07) is 0. The van der Waals surface area contributed by atoms with Gasteiger partial charge >= 0.3 is 0 Å². The highest BCUT2D eigenvalue weighted by atomic mass is 16.3. The van der Waals surface area contributed by atoms with Crippen LogP contribution in [0.5, 0.6) is 0 Å². The molecule has 0 aliphatic heterocycles. The molecule has 0 aromatic heterocycles. The van der Waals surface area contributed by atoms with Crippen LogP contribution in [0.4, 0.5) is 0 Å². The van der Waals surface area contributed by atoms with Gasteiger partial charge in [-0.25, -0.2) is 0 Å². The summed E-state index contributed by atoms with van der Waals surface area (Å²) < 4.78 is 0. The predicted octanol–water partition coefficient (Wildman–Crippen LogP) is 4.12. The molecule has 0 amide bonds. The third kappa shape index (κ3) is 5.27. The first-order valence-corrected chi connectivity index (χ1v) is 11.9. The van der Waals surface area contributed by atoms with Gasteiger partial charge in [-0.3, -0.25) is 0 Å². The lowest BCUT2D eigenvalue weighted by Gasteiger charge is -2.44. The zero-order valence-electron chi connectivity index (χ0n) is 19.5. The Morgan fingerprint density at radius 1 is 1.27 bits per heavy atom. The highest BCUT2D eigenvalue weighted by Gasteiger charge is 2.50. The molecular formula is C26H43NO3. The lowest BCUT2D eigenvalue weighted by molar-refractivity contribution is 0.0702. The Labute approximate surface area is 183 Å². The molecule has 0 radical (unpaired) electrons. The smallest absolute Gasteiger partial charge is 0.0811 e. The van der Waals surface area contributed by atoms with E-state index in [-0.39, 0.29) is 0 Å². The van der Waals surface area contributed by atoms with Crippen molar-refractivity contribution in [3.05, 3.63) is 35.5 Å². The number of rotatable bonds is 6. The summed E-state index contributed by atoms with van der Waals surface area (Å²) >= 11 is 0. The summed E-state index contributed by atoms with van der Waals surface area (Å²) in [6.07, 6.45) is 10.5. The molecular weight excluding hydrogens is 374 g/mol. The fourth-order valence-corrected chi connectivity index (χ4v) is 6.43. The van der Waals surface area contributed by atoms with Crippen LogP contribution in [0, 0.1) is 23.2 Å². The standard InChI is InChI=1S/C26H43NO3/c1-17(15-27-16-25(3,4)30)22-10-11-23-19(7-6-12-26(22,23)5)8-9-20-13-21(28)14-24(29)18(20)2/h8-9,17,21-24,27-30H,2,6-7,10-16H2,1,3-5H3/b19-8+,20-9+/t17-,21-,22-,23+,24+,26-/m1/s1. The van der Waals surface area contributed by atoms with Crippen LogP contribution in [0.25, 0.3) is 0 Å². The molecule has 3 aliphatic rings. The van der Waals surface area contributed by atoms with Gasteiger partial charge in [0.25, 0.3) is 0 Å². The maximum Gasteiger partial charge on any atom is 0.0811 e. The van der Waals surface area contributed by atoms with Gasteiger partial charge in [-0.15, -0.1) is 0 Å². The van der Waals surface area contributed by atoms with E-state index in [0.29, 0.717) is 42.6 Å². The lowest BCUT2D eigenvalue weighted by atomic mass is 9.61. The average Bonchev–Trinajstić information content (AvgIpc) is 3.00. The maximum absolute atomic E-state index is 10.1. The van der Waals surface area contributed by atoms with E-state index in [1.165, 1.54) is 31.3 Å². The molecule has 0 aromatic carbocycles. The van der Waals surface area contributed by atoms with E-state index in [9.17, 15) is 15.3 Å². The van der Waals surface area contributed by atoms with Crippen molar-refractivity contribution in [1.29, 1.82) is 0 Å². The van der Waals surface area contributed by atoms with E-state index >= 15 is 0 Å². The van der Waals surface area contributed by atoms with Crippen LogP contribution in [0.1, 0.15) is 72.6 Å². The summed E-state index contributed by atoms with van der Waals surface area (Å²) in [7, 11) is 0.